The van der Waals surface area contributed by atoms with Crippen molar-refractivity contribution in [2.45, 2.75) is 17.4 Å². The minimum atomic E-state index is -3.90. The number of hydrogen-bond donors (Lipinski definition) is 2. The molecule has 0 spiro atoms. The maximum atomic E-state index is 12.6. The fraction of sp³-hybridized carbons (Fsp3) is 0.357. The number of fused-ring (bicyclic) bond motifs is 1. The Morgan fingerprint density at radius 1 is 1.41 bits per heavy atom. The second-order valence-corrected chi connectivity index (χ2v) is 7.75. The Morgan fingerprint density at radius 3 is 2.86 bits per heavy atom. The lowest BCUT2D eigenvalue weighted by Crippen LogP contribution is -2.46. The molecule has 0 bridgehead atoms. The molecular formula is C14H15NO5S2. The van der Waals surface area contributed by atoms with Gasteiger partial charge in [-0.05, 0) is 12.5 Å². The van der Waals surface area contributed by atoms with E-state index in [9.17, 15) is 18.3 Å². The average molecular weight is 341 g/mol. The van der Waals surface area contributed by atoms with Crippen LogP contribution in [0.3, 0.4) is 0 Å². The first-order valence-corrected chi connectivity index (χ1v) is 9.14. The molecule has 6 nitrogen and oxygen atoms in total. The lowest BCUT2D eigenvalue weighted by molar-refractivity contribution is -0.140. The number of carboxylic acids is 1. The molecule has 1 aliphatic heterocycles. The number of hydrogen-bond acceptors (Lipinski definition) is 5. The SMILES string of the molecule is O=C(O)C(NS(=O)(=O)c1csc2ccccc12)C1CCOC1. The fourth-order valence-electron chi connectivity index (χ4n) is 2.56. The minimum Gasteiger partial charge on any atom is -0.480 e. The second-order valence-electron chi connectivity index (χ2n) is 5.16. The van der Waals surface area contributed by atoms with Crippen LogP contribution >= 0.6 is 11.3 Å². The molecule has 2 N–H and O–H groups in total. The number of thiophene rings is 1. The molecule has 1 saturated heterocycles. The normalized spacial score (nSPS) is 20.3. The molecule has 3 rings (SSSR count). The smallest absolute Gasteiger partial charge is 0.322 e. The first-order chi connectivity index (χ1) is 10.5. The van der Waals surface area contributed by atoms with E-state index in [1.807, 2.05) is 12.1 Å². The van der Waals surface area contributed by atoms with Crippen LogP contribution in [0.4, 0.5) is 0 Å². The summed E-state index contributed by atoms with van der Waals surface area (Å²) < 4.78 is 33.5. The van der Waals surface area contributed by atoms with Crippen molar-refractivity contribution < 1.29 is 23.1 Å². The van der Waals surface area contributed by atoms with Gasteiger partial charge in [0.2, 0.25) is 10.0 Å². The number of carboxylic acid groups (broad SMARTS) is 1. The van der Waals surface area contributed by atoms with Gasteiger partial charge in [-0.3, -0.25) is 4.79 Å². The molecule has 2 aromatic rings. The van der Waals surface area contributed by atoms with Gasteiger partial charge in [0.1, 0.15) is 10.9 Å². The zero-order chi connectivity index (χ0) is 15.7. The van der Waals surface area contributed by atoms with E-state index in [2.05, 4.69) is 4.72 Å². The predicted molar refractivity (Wildman–Crippen MR) is 82.5 cm³/mol. The Hall–Kier alpha value is -1.48. The highest BCUT2D eigenvalue weighted by molar-refractivity contribution is 7.90. The topological polar surface area (TPSA) is 92.7 Å². The Balaban J connectivity index is 1.93. The van der Waals surface area contributed by atoms with E-state index >= 15 is 0 Å². The third-order valence-corrected chi connectivity index (χ3v) is 6.31. The van der Waals surface area contributed by atoms with Crippen molar-refractivity contribution in [2.24, 2.45) is 5.92 Å². The molecule has 0 saturated carbocycles. The van der Waals surface area contributed by atoms with Gasteiger partial charge in [-0.2, -0.15) is 4.72 Å². The van der Waals surface area contributed by atoms with Crippen LogP contribution < -0.4 is 4.72 Å². The molecule has 2 atom stereocenters. The summed E-state index contributed by atoms with van der Waals surface area (Å²) in [5.41, 5.74) is 0. The molecule has 2 unspecified atom stereocenters. The van der Waals surface area contributed by atoms with Crippen molar-refractivity contribution in [3.8, 4) is 0 Å². The first-order valence-electron chi connectivity index (χ1n) is 6.78. The van der Waals surface area contributed by atoms with Crippen LogP contribution in [0.1, 0.15) is 6.42 Å². The third kappa shape index (κ3) is 2.87. The molecule has 0 radical (unpaired) electrons. The Kier molecular flexibility index (Phi) is 4.18. The van der Waals surface area contributed by atoms with Crippen LogP contribution in [0, 0.1) is 5.92 Å². The van der Waals surface area contributed by atoms with E-state index in [4.69, 9.17) is 4.74 Å². The van der Waals surface area contributed by atoms with E-state index in [0.717, 1.165) is 4.70 Å². The maximum absolute atomic E-state index is 12.6. The molecule has 118 valence electrons. The van der Waals surface area contributed by atoms with Crippen LogP contribution in [-0.2, 0) is 19.6 Å². The van der Waals surface area contributed by atoms with Gasteiger partial charge in [0.05, 0.1) is 6.61 Å². The summed E-state index contributed by atoms with van der Waals surface area (Å²) in [7, 11) is -3.90. The van der Waals surface area contributed by atoms with E-state index < -0.39 is 22.0 Å². The maximum Gasteiger partial charge on any atom is 0.322 e. The van der Waals surface area contributed by atoms with Crippen LogP contribution in [0.2, 0.25) is 0 Å². The second kappa shape index (κ2) is 5.96. The summed E-state index contributed by atoms with van der Waals surface area (Å²) in [5, 5.41) is 11.5. The summed E-state index contributed by atoms with van der Waals surface area (Å²) in [6.45, 7) is 0.710. The quantitative estimate of drug-likeness (QED) is 0.863. The van der Waals surface area contributed by atoms with Crippen LogP contribution in [0.25, 0.3) is 10.1 Å². The highest BCUT2D eigenvalue weighted by Crippen LogP contribution is 2.30. The summed E-state index contributed by atoms with van der Waals surface area (Å²) in [5.74, 6) is -1.53. The number of rotatable bonds is 5. The van der Waals surface area contributed by atoms with Crippen LogP contribution in [0.5, 0.6) is 0 Å². The number of nitrogens with one attached hydrogen (secondary N) is 1. The van der Waals surface area contributed by atoms with Crippen molar-refractivity contribution in [1.29, 1.82) is 0 Å². The lowest BCUT2D eigenvalue weighted by Gasteiger charge is -2.19. The third-order valence-electron chi connectivity index (χ3n) is 3.72. The van der Waals surface area contributed by atoms with Gasteiger partial charge in [0.25, 0.3) is 0 Å². The number of benzene rings is 1. The number of ether oxygens (including phenoxy) is 1. The lowest BCUT2D eigenvalue weighted by atomic mass is 10.0. The van der Waals surface area contributed by atoms with E-state index in [-0.39, 0.29) is 17.4 Å². The van der Waals surface area contributed by atoms with Gasteiger partial charge in [-0.1, -0.05) is 18.2 Å². The molecule has 1 aromatic carbocycles. The highest BCUT2D eigenvalue weighted by atomic mass is 32.2. The highest BCUT2D eigenvalue weighted by Gasteiger charge is 2.35. The van der Waals surface area contributed by atoms with Crippen molar-refractivity contribution in [3.63, 3.8) is 0 Å². The fourth-order valence-corrected chi connectivity index (χ4v) is 5.32. The number of carbonyl (C=O) groups is 1. The summed E-state index contributed by atoms with van der Waals surface area (Å²) in [6, 6.07) is 5.96. The van der Waals surface area contributed by atoms with Gasteiger partial charge in [0.15, 0.2) is 0 Å². The monoisotopic (exact) mass is 341 g/mol. The number of sulfonamides is 1. The molecule has 1 fully saturated rings. The van der Waals surface area contributed by atoms with Crippen molar-refractivity contribution in [1.82, 2.24) is 4.72 Å². The van der Waals surface area contributed by atoms with Crippen molar-refractivity contribution >= 4 is 37.4 Å². The predicted octanol–water partition coefficient (Wildman–Crippen LogP) is 1.67. The Morgan fingerprint density at radius 2 is 2.18 bits per heavy atom. The van der Waals surface area contributed by atoms with Gasteiger partial charge in [-0.15, -0.1) is 11.3 Å². The molecule has 0 amide bonds. The van der Waals surface area contributed by atoms with Crippen LogP contribution in [0.15, 0.2) is 34.5 Å². The molecular weight excluding hydrogens is 326 g/mol. The standard InChI is InChI=1S/C14H15NO5S2/c16-14(17)13(9-5-6-20-7-9)15-22(18,19)12-8-21-11-4-2-1-3-10(11)12/h1-4,8-9,13,15H,5-7H2,(H,16,17). The van der Waals surface area contributed by atoms with E-state index in [1.165, 1.54) is 16.7 Å². The van der Waals surface area contributed by atoms with Crippen molar-refractivity contribution in [2.75, 3.05) is 13.2 Å². The number of aliphatic carboxylic acids is 1. The molecule has 1 aromatic heterocycles. The average Bonchev–Trinajstić information content (AvgIpc) is 3.14. The molecule has 8 heteroatoms. The summed E-state index contributed by atoms with van der Waals surface area (Å²) in [6.07, 6.45) is 0.532. The Bertz CT molecular complexity index is 792. The minimum absolute atomic E-state index is 0.123. The van der Waals surface area contributed by atoms with Crippen LogP contribution in [-0.4, -0.2) is 38.7 Å². The van der Waals surface area contributed by atoms with E-state index in [1.54, 1.807) is 12.1 Å². The van der Waals surface area contributed by atoms with Gasteiger partial charge in [-0.25, -0.2) is 8.42 Å². The first kappa shape index (κ1) is 15.4. The zero-order valence-corrected chi connectivity index (χ0v) is 13.2. The molecule has 1 aliphatic rings. The van der Waals surface area contributed by atoms with E-state index in [0.29, 0.717) is 18.4 Å². The largest absolute Gasteiger partial charge is 0.480 e. The van der Waals surface area contributed by atoms with Gasteiger partial charge in [0, 0.05) is 28.0 Å². The molecule has 2 heterocycles. The molecule has 0 aliphatic carbocycles. The van der Waals surface area contributed by atoms with Crippen molar-refractivity contribution in [3.05, 3.63) is 29.6 Å². The Labute approximate surface area is 131 Å². The molecule has 22 heavy (non-hydrogen) atoms. The summed E-state index contributed by atoms with van der Waals surface area (Å²) >= 11 is 1.32. The zero-order valence-electron chi connectivity index (χ0n) is 11.6. The van der Waals surface area contributed by atoms with Gasteiger partial charge >= 0.3 is 5.97 Å². The summed E-state index contributed by atoms with van der Waals surface area (Å²) in [4.78, 5) is 11.5. The van der Waals surface area contributed by atoms with Gasteiger partial charge < -0.3 is 9.84 Å².